The van der Waals surface area contributed by atoms with Gasteiger partial charge in [-0.25, -0.2) is 4.98 Å². The highest BCUT2D eigenvalue weighted by Crippen LogP contribution is 2.41. The van der Waals surface area contributed by atoms with E-state index in [2.05, 4.69) is 41.8 Å². The van der Waals surface area contributed by atoms with Crippen molar-refractivity contribution in [1.82, 2.24) is 14.5 Å². The van der Waals surface area contributed by atoms with Gasteiger partial charge in [-0.15, -0.1) is 0 Å². The first-order chi connectivity index (χ1) is 10.2. The van der Waals surface area contributed by atoms with Crippen molar-refractivity contribution < 1.29 is 0 Å². The van der Waals surface area contributed by atoms with E-state index in [0.717, 1.165) is 18.6 Å². The number of hydrogen-bond acceptors (Lipinski definition) is 3. The van der Waals surface area contributed by atoms with Crippen molar-refractivity contribution in [3.8, 4) is 0 Å². The van der Waals surface area contributed by atoms with E-state index in [9.17, 15) is 0 Å². The number of imidazole rings is 1. The van der Waals surface area contributed by atoms with Crippen molar-refractivity contribution >= 4 is 11.0 Å². The van der Waals surface area contributed by atoms with Crippen molar-refractivity contribution in [3.63, 3.8) is 0 Å². The lowest BCUT2D eigenvalue weighted by Gasteiger charge is -2.19. The molecule has 2 heterocycles. The topological polar surface area (TPSA) is 47.1 Å². The van der Waals surface area contributed by atoms with Gasteiger partial charge in [0.05, 0.1) is 11.0 Å². The van der Waals surface area contributed by atoms with E-state index in [1.807, 2.05) is 0 Å². The van der Waals surface area contributed by atoms with Crippen LogP contribution in [0.1, 0.15) is 42.6 Å². The standard InChI is InChI=1S/C17H24N4/c1-20-10-11(9-18)7-16(20)13-5-6-15-14(8-13)19-17(21(15)2)12-3-4-12/h5-6,8,11-12,16H,3-4,7,9-10,18H2,1-2H3. The maximum absolute atomic E-state index is 5.85. The summed E-state index contributed by atoms with van der Waals surface area (Å²) in [6.45, 7) is 1.90. The highest BCUT2D eigenvalue weighted by molar-refractivity contribution is 5.77. The fourth-order valence-electron chi connectivity index (χ4n) is 3.82. The molecule has 2 fully saturated rings. The lowest BCUT2D eigenvalue weighted by molar-refractivity contribution is 0.314. The quantitative estimate of drug-likeness (QED) is 0.941. The van der Waals surface area contributed by atoms with Gasteiger partial charge in [-0.3, -0.25) is 4.90 Å². The maximum Gasteiger partial charge on any atom is 0.112 e. The Hall–Kier alpha value is -1.39. The van der Waals surface area contributed by atoms with Gasteiger partial charge in [0, 0.05) is 25.6 Å². The third-order valence-electron chi connectivity index (χ3n) is 5.23. The number of rotatable bonds is 3. The molecule has 1 aliphatic heterocycles. The molecule has 21 heavy (non-hydrogen) atoms. The van der Waals surface area contributed by atoms with Crippen LogP contribution >= 0.6 is 0 Å². The first-order valence-electron chi connectivity index (χ1n) is 8.04. The Balaban J connectivity index is 1.70. The smallest absolute Gasteiger partial charge is 0.112 e. The molecule has 0 bridgehead atoms. The van der Waals surface area contributed by atoms with Gasteiger partial charge < -0.3 is 10.3 Å². The van der Waals surface area contributed by atoms with Crippen LogP contribution in [0.5, 0.6) is 0 Å². The van der Waals surface area contributed by atoms with E-state index in [1.54, 1.807) is 0 Å². The number of likely N-dealkylation sites (tertiary alicyclic amines) is 1. The van der Waals surface area contributed by atoms with Crippen molar-refractivity contribution in [2.24, 2.45) is 18.7 Å². The fraction of sp³-hybridized carbons (Fsp3) is 0.588. The van der Waals surface area contributed by atoms with Gasteiger partial charge in [0.2, 0.25) is 0 Å². The van der Waals surface area contributed by atoms with Crippen LogP contribution in [0.4, 0.5) is 0 Å². The Labute approximate surface area is 125 Å². The highest BCUT2D eigenvalue weighted by Gasteiger charge is 2.31. The van der Waals surface area contributed by atoms with E-state index in [0.29, 0.717) is 17.9 Å². The van der Waals surface area contributed by atoms with E-state index in [-0.39, 0.29) is 0 Å². The molecule has 112 valence electrons. The second-order valence-corrected chi connectivity index (χ2v) is 6.84. The maximum atomic E-state index is 5.85. The molecule has 0 amide bonds. The predicted molar refractivity (Wildman–Crippen MR) is 85.2 cm³/mol. The average Bonchev–Trinajstić information content (AvgIpc) is 3.19. The Kier molecular flexibility index (Phi) is 3.05. The average molecular weight is 284 g/mol. The normalized spacial score (nSPS) is 26.8. The molecular formula is C17H24N4. The van der Waals surface area contributed by atoms with Crippen LogP contribution in [0.3, 0.4) is 0 Å². The van der Waals surface area contributed by atoms with Crippen molar-refractivity contribution in [1.29, 1.82) is 0 Å². The monoisotopic (exact) mass is 284 g/mol. The second-order valence-electron chi connectivity index (χ2n) is 6.84. The van der Waals surface area contributed by atoms with E-state index < -0.39 is 0 Å². The summed E-state index contributed by atoms with van der Waals surface area (Å²) in [5.74, 6) is 2.59. The van der Waals surface area contributed by atoms with Gasteiger partial charge in [0.25, 0.3) is 0 Å². The van der Waals surface area contributed by atoms with Gasteiger partial charge >= 0.3 is 0 Å². The molecule has 2 unspecified atom stereocenters. The highest BCUT2D eigenvalue weighted by atomic mass is 15.2. The van der Waals surface area contributed by atoms with Crippen molar-refractivity contribution in [3.05, 3.63) is 29.6 Å². The van der Waals surface area contributed by atoms with Gasteiger partial charge in [-0.05, 0) is 56.5 Å². The zero-order valence-corrected chi connectivity index (χ0v) is 12.9. The summed E-state index contributed by atoms with van der Waals surface area (Å²) in [7, 11) is 4.35. The molecule has 1 aromatic carbocycles. The molecule has 1 saturated heterocycles. The molecule has 0 radical (unpaired) electrons. The van der Waals surface area contributed by atoms with Crippen LogP contribution in [0, 0.1) is 5.92 Å². The van der Waals surface area contributed by atoms with Crippen molar-refractivity contribution in [2.45, 2.75) is 31.2 Å². The second kappa shape index (κ2) is 4.82. The molecule has 1 aromatic heterocycles. The summed E-state index contributed by atoms with van der Waals surface area (Å²) in [6, 6.07) is 7.31. The largest absolute Gasteiger partial charge is 0.331 e. The molecule has 2 atom stereocenters. The van der Waals surface area contributed by atoms with E-state index in [4.69, 9.17) is 10.7 Å². The number of fused-ring (bicyclic) bond motifs is 1. The molecule has 1 saturated carbocycles. The first kappa shape index (κ1) is 13.3. The molecule has 0 spiro atoms. The zero-order chi connectivity index (χ0) is 14.6. The van der Waals surface area contributed by atoms with Crippen LogP contribution in [-0.4, -0.2) is 34.6 Å². The molecule has 2 N–H and O–H groups in total. The van der Waals surface area contributed by atoms with Gasteiger partial charge in [-0.1, -0.05) is 6.07 Å². The lowest BCUT2D eigenvalue weighted by Crippen LogP contribution is -2.20. The summed E-state index contributed by atoms with van der Waals surface area (Å²) in [5, 5.41) is 0. The number of benzene rings is 1. The number of aromatic nitrogens is 2. The van der Waals surface area contributed by atoms with Crippen LogP contribution < -0.4 is 5.73 Å². The Bertz CT molecular complexity index is 671. The van der Waals surface area contributed by atoms with Gasteiger partial charge in [0.15, 0.2) is 0 Å². The van der Waals surface area contributed by atoms with E-state index in [1.165, 1.54) is 36.2 Å². The first-order valence-corrected chi connectivity index (χ1v) is 8.04. The molecule has 4 nitrogen and oxygen atoms in total. The van der Waals surface area contributed by atoms with E-state index >= 15 is 0 Å². The Morgan fingerprint density at radius 3 is 2.76 bits per heavy atom. The molecule has 2 aromatic rings. The number of nitrogens with two attached hydrogens (primary N) is 1. The summed E-state index contributed by atoms with van der Waals surface area (Å²) in [6.07, 6.45) is 3.77. The molecule has 4 rings (SSSR count). The molecular weight excluding hydrogens is 260 g/mol. The van der Waals surface area contributed by atoms with Crippen LogP contribution in [0.2, 0.25) is 0 Å². The predicted octanol–water partition coefficient (Wildman–Crippen LogP) is 2.40. The van der Waals surface area contributed by atoms with Crippen LogP contribution in [0.25, 0.3) is 11.0 Å². The molecule has 2 aliphatic rings. The van der Waals surface area contributed by atoms with Gasteiger partial charge in [0.1, 0.15) is 5.82 Å². The third-order valence-corrected chi connectivity index (χ3v) is 5.23. The lowest BCUT2D eigenvalue weighted by atomic mass is 9.99. The van der Waals surface area contributed by atoms with Crippen molar-refractivity contribution in [2.75, 3.05) is 20.1 Å². The minimum Gasteiger partial charge on any atom is -0.331 e. The van der Waals surface area contributed by atoms with Gasteiger partial charge in [-0.2, -0.15) is 0 Å². The Morgan fingerprint density at radius 2 is 2.10 bits per heavy atom. The van der Waals surface area contributed by atoms with Crippen LogP contribution in [-0.2, 0) is 7.05 Å². The summed E-state index contributed by atoms with van der Waals surface area (Å²) in [4.78, 5) is 7.32. The number of nitrogens with zero attached hydrogens (tertiary/aromatic N) is 3. The third kappa shape index (κ3) is 2.17. The molecule has 1 aliphatic carbocycles. The van der Waals surface area contributed by atoms with Crippen LogP contribution in [0.15, 0.2) is 18.2 Å². The summed E-state index contributed by atoms with van der Waals surface area (Å²) in [5.41, 5.74) is 9.65. The minimum absolute atomic E-state index is 0.495. The fourth-order valence-corrected chi connectivity index (χ4v) is 3.82. The summed E-state index contributed by atoms with van der Waals surface area (Å²) < 4.78 is 2.28. The SMILES string of the molecule is CN1CC(CN)CC1c1ccc2c(c1)nc(C1CC1)n2C. The number of aryl methyl sites for hydroxylation is 1. The zero-order valence-electron chi connectivity index (χ0n) is 12.9. The minimum atomic E-state index is 0.495. The summed E-state index contributed by atoms with van der Waals surface area (Å²) >= 11 is 0. The Morgan fingerprint density at radius 1 is 1.29 bits per heavy atom. The molecule has 4 heteroatoms. The number of hydrogen-bond donors (Lipinski definition) is 1.